The van der Waals surface area contributed by atoms with Gasteiger partial charge in [-0.2, -0.15) is 0 Å². The molecule has 1 fully saturated rings. The fraction of sp³-hybridized carbons (Fsp3) is 1.00. The summed E-state index contributed by atoms with van der Waals surface area (Å²) in [5.41, 5.74) is 0. The van der Waals surface area contributed by atoms with Crippen molar-refractivity contribution in [3.63, 3.8) is 0 Å². The highest BCUT2D eigenvalue weighted by molar-refractivity contribution is 4.78. The van der Waals surface area contributed by atoms with Crippen LogP contribution in [0.3, 0.4) is 0 Å². The summed E-state index contributed by atoms with van der Waals surface area (Å²) >= 11 is 0. The number of piperidine rings is 1. The molecule has 0 saturated carbocycles. The Labute approximate surface area is 113 Å². The molecule has 0 radical (unpaired) electrons. The molecule has 0 spiro atoms. The van der Waals surface area contributed by atoms with Crippen molar-refractivity contribution in [2.24, 2.45) is 0 Å². The Bertz CT molecular complexity index is 203. The molecule has 1 rings (SSSR count). The van der Waals surface area contributed by atoms with Crippen molar-refractivity contribution >= 4 is 0 Å². The van der Waals surface area contributed by atoms with Gasteiger partial charge < -0.3 is 10.1 Å². The van der Waals surface area contributed by atoms with Crippen molar-refractivity contribution in [3.05, 3.63) is 0 Å². The molecule has 18 heavy (non-hydrogen) atoms. The second-order valence-corrected chi connectivity index (χ2v) is 5.64. The largest absolute Gasteiger partial charge is 0.378 e. The predicted octanol–water partition coefficient (Wildman–Crippen LogP) is 2.65. The maximum atomic E-state index is 5.70. The van der Waals surface area contributed by atoms with Gasteiger partial charge in [-0.3, -0.25) is 4.90 Å². The zero-order valence-corrected chi connectivity index (χ0v) is 12.7. The smallest absolute Gasteiger partial charge is 0.0599 e. The van der Waals surface area contributed by atoms with Crippen LogP contribution < -0.4 is 5.32 Å². The van der Waals surface area contributed by atoms with Crippen molar-refractivity contribution in [3.8, 4) is 0 Å². The third kappa shape index (κ3) is 5.68. The van der Waals surface area contributed by atoms with Crippen LogP contribution in [0.5, 0.6) is 0 Å². The van der Waals surface area contributed by atoms with Crippen LogP contribution in [0, 0.1) is 0 Å². The molecule has 0 amide bonds. The minimum Gasteiger partial charge on any atom is -0.378 e. The summed E-state index contributed by atoms with van der Waals surface area (Å²) in [6, 6.07) is 1.30. The van der Waals surface area contributed by atoms with Crippen LogP contribution in [0.4, 0.5) is 0 Å². The molecular weight excluding hydrogens is 224 g/mol. The molecule has 0 aromatic carbocycles. The molecule has 1 heterocycles. The Kier molecular flexibility index (Phi) is 7.87. The zero-order valence-electron chi connectivity index (χ0n) is 12.7. The topological polar surface area (TPSA) is 24.5 Å². The van der Waals surface area contributed by atoms with Gasteiger partial charge >= 0.3 is 0 Å². The molecule has 0 aromatic rings. The maximum absolute atomic E-state index is 5.70. The van der Waals surface area contributed by atoms with Gasteiger partial charge in [0.15, 0.2) is 0 Å². The van der Waals surface area contributed by atoms with Crippen LogP contribution >= 0.6 is 0 Å². The molecule has 2 atom stereocenters. The quantitative estimate of drug-likeness (QED) is 0.722. The van der Waals surface area contributed by atoms with Crippen molar-refractivity contribution in [2.75, 3.05) is 26.2 Å². The van der Waals surface area contributed by atoms with Crippen molar-refractivity contribution < 1.29 is 4.74 Å². The number of hydrogen-bond acceptors (Lipinski definition) is 3. The molecular formula is C15H32N2O. The van der Waals surface area contributed by atoms with E-state index in [0.717, 1.165) is 13.2 Å². The van der Waals surface area contributed by atoms with Crippen LogP contribution in [-0.4, -0.2) is 49.3 Å². The summed E-state index contributed by atoms with van der Waals surface area (Å²) in [5.74, 6) is 0. The first-order valence-corrected chi connectivity index (χ1v) is 7.76. The van der Waals surface area contributed by atoms with Gasteiger partial charge in [0.2, 0.25) is 0 Å². The van der Waals surface area contributed by atoms with Crippen molar-refractivity contribution in [1.29, 1.82) is 0 Å². The predicted molar refractivity (Wildman–Crippen MR) is 78.1 cm³/mol. The van der Waals surface area contributed by atoms with E-state index in [1.54, 1.807) is 0 Å². The average molecular weight is 256 g/mol. The lowest BCUT2D eigenvalue weighted by Gasteiger charge is -2.36. The first-order chi connectivity index (χ1) is 8.67. The second-order valence-electron chi connectivity index (χ2n) is 5.64. The van der Waals surface area contributed by atoms with Gasteiger partial charge in [0.25, 0.3) is 0 Å². The molecule has 0 aromatic heterocycles. The number of likely N-dealkylation sites (tertiary alicyclic amines) is 1. The monoisotopic (exact) mass is 256 g/mol. The summed E-state index contributed by atoms with van der Waals surface area (Å²) < 4.78 is 5.70. The van der Waals surface area contributed by atoms with Gasteiger partial charge in [-0.25, -0.2) is 0 Å². The van der Waals surface area contributed by atoms with E-state index in [1.165, 1.54) is 38.8 Å². The molecule has 108 valence electrons. The highest BCUT2D eigenvalue weighted by Gasteiger charge is 2.22. The Morgan fingerprint density at radius 2 is 1.89 bits per heavy atom. The third-order valence-electron chi connectivity index (χ3n) is 3.99. The van der Waals surface area contributed by atoms with Crippen LogP contribution in [0.2, 0.25) is 0 Å². The van der Waals surface area contributed by atoms with E-state index in [-0.39, 0.29) is 0 Å². The standard InChI is InChI=1S/C15H32N2O/c1-5-7-13(3)16-12-14(4)17-10-8-15(9-11-17)18-6-2/h13-16H,5-12H2,1-4H3. The Hall–Kier alpha value is -0.120. The molecule has 3 heteroatoms. The van der Waals surface area contributed by atoms with Gasteiger partial charge in [-0.1, -0.05) is 13.3 Å². The highest BCUT2D eigenvalue weighted by atomic mass is 16.5. The van der Waals surface area contributed by atoms with Gasteiger partial charge in [0, 0.05) is 38.3 Å². The molecule has 0 bridgehead atoms. The lowest BCUT2D eigenvalue weighted by molar-refractivity contribution is 0.00570. The lowest BCUT2D eigenvalue weighted by atomic mass is 10.1. The van der Waals surface area contributed by atoms with Gasteiger partial charge in [-0.05, 0) is 40.0 Å². The van der Waals surface area contributed by atoms with Crippen LogP contribution in [-0.2, 0) is 4.74 Å². The molecule has 1 aliphatic rings. The fourth-order valence-electron chi connectivity index (χ4n) is 2.75. The molecule has 0 aliphatic carbocycles. The third-order valence-corrected chi connectivity index (χ3v) is 3.99. The number of ether oxygens (including phenoxy) is 1. The number of nitrogens with one attached hydrogen (secondary N) is 1. The number of nitrogens with zero attached hydrogens (tertiary/aromatic N) is 1. The van der Waals surface area contributed by atoms with Gasteiger partial charge in [0.1, 0.15) is 0 Å². The first kappa shape index (κ1) is 15.9. The highest BCUT2D eigenvalue weighted by Crippen LogP contribution is 2.15. The Balaban J connectivity index is 2.17. The van der Waals surface area contributed by atoms with E-state index < -0.39 is 0 Å². The zero-order chi connectivity index (χ0) is 13.4. The normalized spacial score (nSPS) is 22.0. The van der Waals surface area contributed by atoms with E-state index in [0.29, 0.717) is 18.2 Å². The number of rotatable bonds is 8. The van der Waals surface area contributed by atoms with E-state index >= 15 is 0 Å². The number of hydrogen-bond donors (Lipinski definition) is 1. The first-order valence-electron chi connectivity index (χ1n) is 7.76. The van der Waals surface area contributed by atoms with Crippen LogP contribution in [0.1, 0.15) is 53.4 Å². The summed E-state index contributed by atoms with van der Waals surface area (Å²) in [6.45, 7) is 13.3. The lowest BCUT2D eigenvalue weighted by Crippen LogP contribution is -2.47. The second kappa shape index (κ2) is 8.89. The molecule has 3 nitrogen and oxygen atoms in total. The summed E-state index contributed by atoms with van der Waals surface area (Å²) in [6.07, 6.45) is 5.44. The Morgan fingerprint density at radius 1 is 1.22 bits per heavy atom. The molecule has 2 unspecified atom stereocenters. The van der Waals surface area contributed by atoms with Gasteiger partial charge in [0.05, 0.1) is 6.10 Å². The Morgan fingerprint density at radius 3 is 2.44 bits per heavy atom. The average Bonchev–Trinajstić information content (AvgIpc) is 2.37. The minimum atomic E-state index is 0.505. The van der Waals surface area contributed by atoms with E-state index in [4.69, 9.17) is 4.74 Å². The van der Waals surface area contributed by atoms with E-state index in [1.807, 2.05) is 0 Å². The minimum absolute atomic E-state index is 0.505. The van der Waals surface area contributed by atoms with Crippen LogP contribution in [0.25, 0.3) is 0 Å². The van der Waals surface area contributed by atoms with Gasteiger partial charge in [-0.15, -0.1) is 0 Å². The summed E-state index contributed by atoms with van der Waals surface area (Å²) in [5, 5.41) is 3.64. The van der Waals surface area contributed by atoms with Crippen molar-refractivity contribution in [2.45, 2.75) is 71.6 Å². The summed E-state index contributed by atoms with van der Waals surface area (Å²) in [4.78, 5) is 2.60. The SMILES string of the molecule is CCCC(C)NCC(C)N1CCC(OCC)CC1. The molecule has 1 saturated heterocycles. The summed E-state index contributed by atoms with van der Waals surface area (Å²) in [7, 11) is 0. The fourth-order valence-corrected chi connectivity index (χ4v) is 2.75. The maximum Gasteiger partial charge on any atom is 0.0599 e. The van der Waals surface area contributed by atoms with Crippen LogP contribution in [0.15, 0.2) is 0 Å². The van der Waals surface area contributed by atoms with Crippen molar-refractivity contribution in [1.82, 2.24) is 10.2 Å². The molecule has 1 N–H and O–H groups in total. The molecule has 1 aliphatic heterocycles. The van der Waals surface area contributed by atoms with E-state index in [9.17, 15) is 0 Å². The van der Waals surface area contributed by atoms with E-state index in [2.05, 4.69) is 37.9 Å².